The lowest BCUT2D eigenvalue weighted by molar-refractivity contribution is 0.0366. The lowest BCUT2D eigenvalue weighted by Gasteiger charge is -2.51. The first-order valence-corrected chi connectivity index (χ1v) is 12.5. The number of carbonyl (C=O) groups excluding carboxylic acids is 1. The smallest absolute Gasteiger partial charge is 0.282 e. The lowest BCUT2D eigenvalue weighted by Crippen LogP contribution is -2.66. The van der Waals surface area contributed by atoms with Gasteiger partial charge >= 0.3 is 0 Å². The summed E-state index contributed by atoms with van der Waals surface area (Å²) in [5, 5.41) is 6.92. The second kappa shape index (κ2) is 7.58. The van der Waals surface area contributed by atoms with Crippen molar-refractivity contribution in [1.29, 1.82) is 0 Å². The molecule has 5 aliphatic rings. The molecule has 1 aliphatic carbocycles. The zero-order valence-corrected chi connectivity index (χ0v) is 18.5. The molecule has 0 radical (unpaired) electrons. The van der Waals surface area contributed by atoms with Crippen LogP contribution >= 0.6 is 0 Å². The van der Waals surface area contributed by atoms with Crippen molar-refractivity contribution in [3.63, 3.8) is 0 Å². The summed E-state index contributed by atoms with van der Waals surface area (Å²) in [6.45, 7) is 3.75. The van der Waals surface area contributed by atoms with Gasteiger partial charge in [-0.05, 0) is 52.5 Å². The van der Waals surface area contributed by atoms with Gasteiger partial charge in [-0.15, -0.1) is 0 Å². The van der Waals surface area contributed by atoms with Crippen LogP contribution < -0.4 is 5.32 Å². The number of nitrogens with one attached hydrogen (secondary N) is 1. The summed E-state index contributed by atoms with van der Waals surface area (Å²) in [7, 11) is -1.41. The number of hydrogen-bond donors (Lipinski definition) is 1. The molecule has 4 atom stereocenters. The maximum Gasteiger partial charge on any atom is 0.282 e. The van der Waals surface area contributed by atoms with E-state index >= 15 is 0 Å². The molecule has 1 N–H and O–H groups in total. The van der Waals surface area contributed by atoms with E-state index < -0.39 is 10.2 Å². The summed E-state index contributed by atoms with van der Waals surface area (Å²) in [6.07, 6.45) is 5.40. The minimum absolute atomic E-state index is 0.0658. The molecule has 1 aromatic heterocycles. The number of likely N-dealkylation sites (N-methyl/N-ethyl adjacent to an activating group) is 1. The van der Waals surface area contributed by atoms with Crippen LogP contribution in [0.3, 0.4) is 0 Å². The average Bonchev–Trinajstić information content (AvgIpc) is 3.44. The first-order valence-electron chi connectivity index (χ1n) is 11.1. The monoisotopic (exact) mass is 437 g/mol. The summed E-state index contributed by atoms with van der Waals surface area (Å²) >= 11 is 0. The van der Waals surface area contributed by atoms with Crippen LogP contribution in [0.1, 0.15) is 67.6 Å². The second-order valence-corrected chi connectivity index (χ2v) is 11.3. The van der Waals surface area contributed by atoms with E-state index in [1.807, 2.05) is 6.92 Å². The van der Waals surface area contributed by atoms with Crippen molar-refractivity contribution in [3.8, 4) is 0 Å². The normalized spacial score (nSPS) is 33.7. The minimum atomic E-state index is -3.49. The Bertz CT molecular complexity index is 914. The fourth-order valence-electron chi connectivity index (χ4n) is 5.26. The van der Waals surface area contributed by atoms with Gasteiger partial charge in [0.1, 0.15) is 5.76 Å². The molecule has 6 rings (SSSR count). The molecule has 0 aromatic carbocycles. The zero-order chi connectivity index (χ0) is 21.0. The summed E-state index contributed by atoms with van der Waals surface area (Å²) < 4.78 is 35.4. The van der Waals surface area contributed by atoms with E-state index in [0.29, 0.717) is 43.6 Å². The third-order valence-corrected chi connectivity index (χ3v) is 9.41. The molecule has 30 heavy (non-hydrogen) atoms. The Morgan fingerprint density at radius 1 is 1.13 bits per heavy atom. The Morgan fingerprint density at radius 3 is 2.53 bits per heavy atom. The molecule has 5 fully saturated rings. The van der Waals surface area contributed by atoms with Crippen LogP contribution in [0.5, 0.6) is 0 Å². The fraction of sp³-hybridized carbons (Fsp3) is 0.800. The molecular weight excluding hydrogens is 406 g/mol. The summed E-state index contributed by atoms with van der Waals surface area (Å²) in [5.74, 6) is 0.962. The van der Waals surface area contributed by atoms with E-state index in [-0.39, 0.29) is 24.0 Å². The van der Waals surface area contributed by atoms with E-state index in [1.165, 1.54) is 0 Å². The Labute approximate surface area is 177 Å². The van der Waals surface area contributed by atoms with E-state index in [1.54, 1.807) is 14.7 Å². The SMILES string of the molecule is C[C@H]1C[C@@H](NC(=O)c2cc(C3CC3)on2)CCN1S(=O)(=O)N1C[C@@H]2CC[C@H]1CN2C. The molecule has 2 bridgehead atoms. The molecule has 1 aromatic rings. The molecule has 9 nitrogen and oxygen atoms in total. The van der Waals surface area contributed by atoms with E-state index in [2.05, 4.69) is 22.4 Å². The van der Waals surface area contributed by atoms with Crippen molar-refractivity contribution in [2.75, 3.05) is 26.7 Å². The topological polar surface area (TPSA) is 99.0 Å². The average molecular weight is 438 g/mol. The van der Waals surface area contributed by atoms with Crippen molar-refractivity contribution in [2.45, 2.75) is 75.5 Å². The standard InChI is InChI=1S/C20H31N5O4S/c1-13-9-15(21-20(26)18-10-19(29-22-18)14-3-4-14)7-8-24(13)30(27,28)25-12-16-5-6-17(25)11-23(16)2/h10,13-17H,3-9,11-12H2,1-2H3,(H,21,26)/t13-,15-,16-,17-/m0/s1. The number of aromatic nitrogens is 1. The van der Waals surface area contributed by atoms with Gasteiger partial charge < -0.3 is 14.7 Å². The van der Waals surface area contributed by atoms with Crippen LogP contribution in [0.25, 0.3) is 0 Å². The quantitative estimate of drug-likeness (QED) is 0.742. The Balaban J connectivity index is 1.20. The molecule has 0 spiro atoms. The summed E-state index contributed by atoms with van der Waals surface area (Å²) in [4.78, 5) is 14.8. The molecule has 10 heteroatoms. The van der Waals surface area contributed by atoms with Crippen LogP contribution in [0.2, 0.25) is 0 Å². The van der Waals surface area contributed by atoms with Crippen molar-refractivity contribution < 1.29 is 17.7 Å². The molecule has 4 aliphatic heterocycles. The number of piperidine rings is 3. The highest BCUT2D eigenvalue weighted by atomic mass is 32.2. The molecular formula is C20H31N5O4S. The van der Waals surface area contributed by atoms with Gasteiger partial charge in [-0.1, -0.05) is 5.16 Å². The molecule has 1 saturated carbocycles. The zero-order valence-electron chi connectivity index (χ0n) is 17.7. The third kappa shape index (κ3) is 3.68. The highest BCUT2D eigenvalue weighted by Gasteiger charge is 2.46. The fourth-order valence-corrected chi connectivity index (χ4v) is 7.31. The van der Waals surface area contributed by atoms with Crippen LogP contribution in [-0.4, -0.2) is 83.8 Å². The van der Waals surface area contributed by atoms with Crippen molar-refractivity contribution in [1.82, 2.24) is 24.0 Å². The van der Waals surface area contributed by atoms with Crippen LogP contribution in [-0.2, 0) is 10.2 Å². The maximum atomic E-state index is 13.4. The third-order valence-electron chi connectivity index (χ3n) is 7.24. The van der Waals surface area contributed by atoms with Gasteiger partial charge in [0, 0.05) is 55.8 Å². The Morgan fingerprint density at radius 2 is 1.90 bits per heavy atom. The Kier molecular flexibility index (Phi) is 5.16. The number of fused-ring (bicyclic) bond motifs is 3. The lowest BCUT2D eigenvalue weighted by atomic mass is 9.94. The van der Waals surface area contributed by atoms with E-state index in [9.17, 15) is 13.2 Å². The summed E-state index contributed by atoms with van der Waals surface area (Å²) in [6, 6.07) is 1.90. The van der Waals surface area contributed by atoms with Gasteiger partial charge in [0.05, 0.1) is 0 Å². The number of rotatable bonds is 5. The van der Waals surface area contributed by atoms with Gasteiger partial charge in [-0.3, -0.25) is 4.79 Å². The summed E-state index contributed by atoms with van der Waals surface area (Å²) in [5.41, 5.74) is 0.313. The van der Waals surface area contributed by atoms with E-state index in [0.717, 1.165) is 38.0 Å². The predicted octanol–water partition coefficient (Wildman–Crippen LogP) is 1.16. The van der Waals surface area contributed by atoms with Gasteiger partial charge in [-0.25, -0.2) is 0 Å². The molecule has 5 heterocycles. The van der Waals surface area contributed by atoms with Crippen LogP contribution in [0, 0.1) is 0 Å². The second-order valence-electron chi connectivity index (χ2n) is 9.45. The number of amides is 1. The predicted molar refractivity (Wildman–Crippen MR) is 110 cm³/mol. The van der Waals surface area contributed by atoms with Crippen molar-refractivity contribution in [3.05, 3.63) is 17.5 Å². The number of hydrogen-bond acceptors (Lipinski definition) is 6. The minimum Gasteiger partial charge on any atom is -0.360 e. The highest BCUT2D eigenvalue weighted by Crippen LogP contribution is 2.40. The molecule has 0 unspecified atom stereocenters. The molecule has 4 saturated heterocycles. The number of piperazine rings is 1. The largest absolute Gasteiger partial charge is 0.360 e. The Hall–Kier alpha value is -1.49. The number of carbonyl (C=O) groups is 1. The van der Waals surface area contributed by atoms with Gasteiger partial charge in [0.15, 0.2) is 5.69 Å². The van der Waals surface area contributed by atoms with Gasteiger partial charge in [-0.2, -0.15) is 17.0 Å². The molecule has 1 amide bonds. The first-order chi connectivity index (χ1) is 14.3. The van der Waals surface area contributed by atoms with Crippen molar-refractivity contribution in [2.24, 2.45) is 0 Å². The van der Waals surface area contributed by atoms with Gasteiger partial charge in [0.25, 0.3) is 16.1 Å². The maximum absolute atomic E-state index is 13.4. The van der Waals surface area contributed by atoms with E-state index in [4.69, 9.17) is 4.52 Å². The van der Waals surface area contributed by atoms with Gasteiger partial charge in [0.2, 0.25) is 0 Å². The highest BCUT2D eigenvalue weighted by molar-refractivity contribution is 7.86. The number of nitrogens with zero attached hydrogens (tertiary/aromatic N) is 4. The van der Waals surface area contributed by atoms with Crippen LogP contribution in [0.15, 0.2) is 10.6 Å². The van der Waals surface area contributed by atoms with Crippen LogP contribution in [0.4, 0.5) is 0 Å². The van der Waals surface area contributed by atoms with Crippen molar-refractivity contribution >= 4 is 16.1 Å². The first kappa shape index (κ1) is 20.4. The molecule has 166 valence electrons.